The number of anilines is 2. The molecule has 0 spiro atoms. The number of hydrogen-bond acceptors (Lipinski definition) is 5. The van der Waals surface area contributed by atoms with Gasteiger partial charge in [0.25, 0.3) is 5.91 Å². The first-order chi connectivity index (χ1) is 13.5. The maximum Gasteiger partial charge on any atom is 0.255 e. The van der Waals surface area contributed by atoms with Crippen molar-refractivity contribution in [2.45, 2.75) is 26.7 Å². The van der Waals surface area contributed by atoms with Gasteiger partial charge >= 0.3 is 0 Å². The molecule has 7 heteroatoms. The van der Waals surface area contributed by atoms with Gasteiger partial charge in [-0.15, -0.1) is 0 Å². The molecule has 1 amide bonds. The number of hydrogen-bond donors (Lipinski definition) is 1. The number of benzene rings is 1. The molecule has 1 saturated heterocycles. The van der Waals surface area contributed by atoms with Gasteiger partial charge in [0.05, 0.1) is 30.6 Å². The van der Waals surface area contributed by atoms with Crippen LogP contribution in [0, 0.1) is 5.92 Å². The molecule has 0 unspecified atom stereocenters. The molecule has 2 aromatic rings. The summed E-state index contributed by atoms with van der Waals surface area (Å²) in [5.74, 6) is 1.88. The van der Waals surface area contributed by atoms with Crippen LogP contribution in [0.15, 0.2) is 30.5 Å². The van der Waals surface area contributed by atoms with E-state index in [1.807, 2.05) is 26.0 Å². The van der Waals surface area contributed by atoms with Gasteiger partial charge in [0.1, 0.15) is 5.82 Å². The molecule has 1 aromatic heterocycles. The summed E-state index contributed by atoms with van der Waals surface area (Å²) < 4.78 is 11.1. The maximum absolute atomic E-state index is 12.6. The summed E-state index contributed by atoms with van der Waals surface area (Å²) in [6.07, 6.45) is 4.06. The fourth-order valence-electron chi connectivity index (χ4n) is 3.04. The molecule has 1 aliphatic heterocycles. The van der Waals surface area contributed by atoms with Gasteiger partial charge < -0.3 is 19.7 Å². The van der Waals surface area contributed by atoms with Crippen LogP contribution in [0.3, 0.4) is 0 Å². The Balaban J connectivity index is 1.72. The second-order valence-corrected chi connectivity index (χ2v) is 7.65. The van der Waals surface area contributed by atoms with Crippen molar-refractivity contribution in [2.75, 3.05) is 37.0 Å². The van der Waals surface area contributed by atoms with Crippen molar-refractivity contribution < 1.29 is 14.3 Å². The van der Waals surface area contributed by atoms with Gasteiger partial charge in [-0.25, -0.2) is 4.98 Å². The molecule has 1 aromatic carbocycles. The third kappa shape index (κ3) is 4.87. The number of aromatic nitrogens is 1. The van der Waals surface area contributed by atoms with Crippen LogP contribution < -0.4 is 19.7 Å². The molecule has 150 valence electrons. The van der Waals surface area contributed by atoms with Gasteiger partial charge in [-0.2, -0.15) is 0 Å². The van der Waals surface area contributed by atoms with Gasteiger partial charge in [-0.1, -0.05) is 25.4 Å². The number of carbonyl (C=O) groups is 1. The van der Waals surface area contributed by atoms with E-state index in [1.165, 1.54) is 20.0 Å². The predicted octanol–water partition coefficient (Wildman–Crippen LogP) is 4.63. The SMILES string of the molecule is COc1cc(C(=O)Nc2ccc(N3CCCC3)nc2)cc(Cl)c1OCC(C)C. The molecule has 2 heterocycles. The van der Waals surface area contributed by atoms with E-state index >= 15 is 0 Å². The molecule has 0 bridgehead atoms. The van der Waals surface area contributed by atoms with Crippen molar-refractivity contribution in [1.82, 2.24) is 4.98 Å². The Morgan fingerprint density at radius 3 is 2.64 bits per heavy atom. The van der Waals surface area contributed by atoms with Crippen LogP contribution in [0.4, 0.5) is 11.5 Å². The van der Waals surface area contributed by atoms with E-state index in [2.05, 4.69) is 15.2 Å². The lowest BCUT2D eigenvalue weighted by Gasteiger charge is -2.17. The lowest BCUT2D eigenvalue weighted by Crippen LogP contribution is -2.19. The highest BCUT2D eigenvalue weighted by Crippen LogP contribution is 2.37. The molecule has 0 saturated carbocycles. The summed E-state index contributed by atoms with van der Waals surface area (Å²) in [5.41, 5.74) is 1.02. The Morgan fingerprint density at radius 2 is 2.04 bits per heavy atom. The highest BCUT2D eigenvalue weighted by molar-refractivity contribution is 6.32. The number of rotatable bonds is 7. The lowest BCUT2D eigenvalue weighted by atomic mass is 10.1. The number of amides is 1. The second-order valence-electron chi connectivity index (χ2n) is 7.25. The number of carbonyl (C=O) groups excluding carboxylic acids is 1. The van der Waals surface area contributed by atoms with Crippen molar-refractivity contribution in [3.8, 4) is 11.5 Å². The minimum absolute atomic E-state index is 0.286. The molecule has 0 radical (unpaired) electrons. The van der Waals surface area contributed by atoms with Crippen LogP contribution in [-0.4, -0.2) is 37.7 Å². The molecule has 1 aliphatic rings. The number of nitrogens with zero attached hydrogens (tertiary/aromatic N) is 2. The Bertz CT molecular complexity index is 818. The molecule has 28 heavy (non-hydrogen) atoms. The molecular formula is C21H26ClN3O3. The van der Waals surface area contributed by atoms with Crippen LogP contribution in [0.2, 0.25) is 5.02 Å². The molecule has 0 atom stereocenters. The predicted molar refractivity (Wildman–Crippen MR) is 112 cm³/mol. The number of halogens is 1. The van der Waals surface area contributed by atoms with Crippen LogP contribution in [0.5, 0.6) is 11.5 Å². The van der Waals surface area contributed by atoms with Crippen molar-refractivity contribution in [3.63, 3.8) is 0 Å². The smallest absolute Gasteiger partial charge is 0.255 e. The average Bonchev–Trinajstić information content (AvgIpc) is 3.21. The third-order valence-electron chi connectivity index (χ3n) is 4.49. The Morgan fingerprint density at radius 1 is 1.29 bits per heavy atom. The number of nitrogens with one attached hydrogen (secondary N) is 1. The van der Waals surface area contributed by atoms with E-state index in [9.17, 15) is 4.79 Å². The number of ether oxygens (including phenoxy) is 2. The Kier molecular flexibility index (Phi) is 6.62. The van der Waals surface area contributed by atoms with E-state index in [0.717, 1.165) is 18.9 Å². The van der Waals surface area contributed by atoms with E-state index in [4.69, 9.17) is 21.1 Å². The molecule has 3 rings (SSSR count). The summed E-state index contributed by atoms with van der Waals surface area (Å²) in [6, 6.07) is 7.00. The van der Waals surface area contributed by atoms with E-state index in [-0.39, 0.29) is 5.91 Å². The first-order valence-corrected chi connectivity index (χ1v) is 9.88. The largest absolute Gasteiger partial charge is 0.493 e. The Hall–Kier alpha value is -2.47. The van der Waals surface area contributed by atoms with Gasteiger partial charge in [-0.05, 0) is 43.0 Å². The fraction of sp³-hybridized carbons (Fsp3) is 0.429. The zero-order chi connectivity index (χ0) is 20.1. The van der Waals surface area contributed by atoms with Gasteiger partial charge in [0, 0.05) is 18.7 Å². The summed E-state index contributed by atoms with van der Waals surface area (Å²) in [5, 5.41) is 3.19. The van der Waals surface area contributed by atoms with E-state index < -0.39 is 0 Å². The summed E-state index contributed by atoms with van der Waals surface area (Å²) >= 11 is 6.33. The first kappa shape index (κ1) is 20.3. The van der Waals surface area contributed by atoms with Crippen LogP contribution in [0.1, 0.15) is 37.0 Å². The normalized spacial score (nSPS) is 13.7. The lowest BCUT2D eigenvalue weighted by molar-refractivity contribution is 0.102. The quantitative estimate of drug-likeness (QED) is 0.730. The first-order valence-electron chi connectivity index (χ1n) is 9.50. The van der Waals surface area contributed by atoms with E-state index in [0.29, 0.717) is 40.3 Å². The van der Waals surface area contributed by atoms with Crippen molar-refractivity contribution in [3.05, 3.63) is 41.0 Å². The topological polar surface area (TPSA) is 63.7 Å². The zero-order valence-electron chi connectivity index (χ0n) is 16.5. The van der Waals surface area contributed by atoms with Crippen molar-refractivity contribution in [1.29, 1.82) is 0 Å². The Labute approximate surface area is 170 Å². The zero-order valence-corrected chi connectivity index (χ0v) is 17.3. The minimum Gasteiger partial charge on any atom is -0.493 e. The number of pyridine rings is 1. The summed E-state index contributed by atoms with van der Waals surface area (Å²) in [6.45, 7) is 6.66. The van der Waals surface area contributed by atoms with Crippen LogP contribution in [-0.2, 0) is 0 Å². The average molecular weight is 404 g/mol. The second kappa shape index (κ2) is 9.15. The molecule has 1 N–H and O–H groups in total. The van der Waals surface area contributed by atoms with Crippen molar-refractivity contribution in [2.24, 2.45) is 5.92 Å². The summed E-state index contributed by atoms with van der Waals surface area (Å²) in [4.78, 5) is 19.3. The molecule has 0 aliphatic carbocycles. The van der Waals surface area contributed by atoms with Crippen LogP contribution in [0.25, 0.3) is 0 Å². The molecule has 6 nitrogen and oxygen atoms in total. The highest BCUT2D eigenvalue weighted by atomic mass is 35.5. The maximum atomic E-state index is 12.6. The van der Waals surface area contributed by atoms with Crippen LogP contribution >= 0.6 is 11.6 Å². The fourth-order valence-corrected chi connectivity index (χ4v) is 3.30. The number of methoxy groups -OCH3 is 1. The monoisotopic (exact) mass is 403 g/mol. The summed E-state index contributed by atoms with van der Waals surface area (Å²) in [7, 11) is 1.52. The highest BCUT2D eigenvalue weighted by Gasteiger charge is 2.17. The standard InChI is InChI=1S/C21H26ClN3O3/c1-14(2)13-28-20-17(22)10-15(11-18(20)27-3)21(26)24-16-6-7-19(23-12-16)25-8-4-5-9-25/h6-7,10-12,14H,4-5,8-9,13H2,1-3H3,(H,24,26). The van der Waals surface area contributed by atoms with Gasteiger partial charge in [-0.3, -0.25) is 4.79 Å². The minimum atomic E-state index is -0.286. The molecule has 1 fully saturated rings. The third-order valence-corrected chi connectivity index (χ3v) is 4.77. The van der Waals surface area contributed by atoms with Gasteiger partial charge in [0.2, 0.25) is 0 Å². The molecular weight excluding hydrogens is 378 g/mol. The van der Waals surface area contributed by atoms with E-state index in [1.54, 1.807) is 18.3 Å². The van der Waals surface area contributed by atoms with Gasteiger partial charge in [0.15, 0.2) is 11.5 Å². The van der Waals surface area contributed by atoms with Crippen molar-refractivity contribution >= 4 is 29.0 Å².